The van der Waals surface area contributed by atoms with Crippen LogP contribution < -0.4 is 11.3 Å². The summed E-state index contributed by atoms with van der Waals surface area (Å²) in [5.41, 5.74) is 6.02. The lowest BCUT2D eigenvalue weighted by Gasteiger charge is -2.12. The SMILES string of the molecule is C[C@@H](CCN)n1nc(-c2ccco2)ccc1=O. The molecule has 0 aliphatic rings. The number of furan rings is 1. The highest BCUT2D eigenvalue weighted by Gasteiger charge is 2.10. The van der Waals surface area contributed by atoms with Crippen LogP contribution in [0.3, 0.4) is 0 Å². The van der Waals surface area contributed by atoms with E-state index in [0.29, 0.717) is 24.4 Å². The number of nitrogens with zero attached hydrogens (tertiary/aromatic N) is 2. The molecule has 90 valence electrons. The van der Waals surface area contributed by atoms with E-state index in [-0.39, 0.29) is 11.6 Å². The van der Waals surface area contributed by atoms with E-state index in [1.165, 1.54) is 10.7 Å². The van der Waals surface area contributed by atoms with Gasteiger partial charge in [-0.2, -0.15) is 5.10 Å². The zero-order valence-electron chi connectivity index (χ0n) is 9.67. The lowest BCUT2D eigenvalue weighted by atomic mass is 10.2. The van der Waals surface area contributed by atoms with Crippen LogP contribution in [0.25, 0.3) is 11.5 Å². The van der Waals surface area contributed by atoms with E-state index in [4.69, 9.17) is 10.2 Å². The molecule has 0 amide bonds. The Morgan fingerprint density at radius 3 is 2.94 bits per heavy atom. The first kappa shape index (κ1) is 11.6. The van der Waals surface area contributed by atoms with Gasteiger partial charge in [-0.1, -0.05) is 0 Å². The molecule has 0 aromatic carbocycles. The number of aromatic nitrogens is 2. The smallest absolute Gasteiger partial charge is 0.267 e. The Bertz CT molecular complexity index is 531. The van der Waals surface area contributed by atoms with Crippen LogP contribution >= 0.6 is 0 Å². The number of nitrogens with two attached hydrogens (primary N) is 1. The van der Waals surface area contributed by atoms with Crippen LogP contribution in [0.1, 0.15) is 19.4 Å². The zero-order chi connectivity index (χ0) is 12.3. The summed E-state index contributed by atoms with van der Waals surface area (Å²) in [5, 5.41) is 4.29. The third kappa shape index (κ3) is 2.45. The fraction of sp³-hybridized carbons (Fsp3) is 0.333. The van der Waals surface area contributed by atoms with Crippen molar-refractivity contribution in [3.05, 3.63) is 40.9 Å². The van der Waals surface area contributed by atoms with Crippen molar-refractivity contribution >= 4 is 0 Å². The second-order valence-electron chi connectivity index (χ2n) is 3.91. The van der Waals surface area contributed by atoms with Gasteiger partial charge >= 0.3 is 0 Å². The van der Waals surface area contributed by atoms with E-state index in [1.807, 2.05) is 13.0 Å². The molecule has 2 aromatic rings. The van der Waals surface area contributed by atoms with Crippen molar-refractivity contribution in [3.63, 3.8) is 0 Å². The minimum Gasteiger partial charge on any atom is -0.463 e. The Labute approximate surface area is 98.9 Å². The predicted octanol–water partition coefficient (Wildman–Crippen LogP) is 1.41. The Hall–Kier alpha value is -1.88. The second-order valence-corrected chi connectivity index (χ2v) is 3.91. The fourth-order valence-corrected chi connectivity index (χ4v) is 1.66. The van der Waals surface area contributed by atoms with Crippen LogP contribution in [0, 0.1) is 0 Å². The van der Waals surface area contributed by atoms with Crippen LogP contribution in [-0.2, 0) is 0 Å². The van der Waals surface area contributed by atoms with Crippen LogP contribution in [-0.4, -0.2) is 16.3 Å². The second kappa shape index (κ2) is 4.97. The summed E-state index contributed by atoms with van der Waals surface area (Å²) in [6, 6.07) is 6.74. The molecule has 0 radical (unpaired) electrons. The maximum Gasteiger partial charge on any atom is 0.267 e. The van der Waals surface area contributed by atoms with Gasteiger partial charge in [-0.15, -0.1) is 0 Å². The highest BCUT2D eigenvalue weighted by molar-refractivity contribution is 5.50. The molecule has 0 fully saturated rings. The third-order valence-corrected chi connectivity index (χ3v) is 2.60. The molecule has 2 N–H and O–H groups in total. The van der Waals surface area contributed by atoms with Gasteiger partial charge in [-0.05, 0) is 38.1 Å². The average molecular weight is 233 g/mol. The first-order valence-electron chi connectivity index (χ1n) is 5.56. The molecule has 0 bridgehead atoms. The zero-order valence-corrected chi connectivity index (χ0v) is 9.67. The first-order valence-corrected chi connectivity index (χ1v) is 5.56. The van der Waals surface area contributed by atoms with Gasteiger partial charge in [0, 0.05) is 6.07 Å². The summed E-state index contributed by atoms with van der Waals surface area (Å²) in [6.07, 6.45) is 2.30. The topological polar surface area (TPSA) is 74.1 Å². The number of hydrogen-bond acceptors (Lipinski definition) is 4. The number of hydrogen-bond donors (Lipinski definition) is 1. The van der Waals surface area contributed by atoms with Gasteiger partial charge in [-0.25, -0.2) is 4.68 Å². The van der Waals surface area contributed by atoms with Crippen molar-refractivity contribution in [2.24, 2.45) is 5.73 Å². The molecule has 0 spiro atoms. The molecule has 17 heavy (non-hydrogen) atoms. The van der Waals surface area contributed by atoms with Crippen LogP contribution in [0.5, 0.6) is 0 Å². The molecular weight excluding hydrogens is 218 g/mol. The fourth-order valence-electron chi connectivity index (χ4n) is 1.66. The van der Waals surface area contributed by atoms with E-state index in [9.17, 15) is 4.79 Å². The van der Waals surface area contributed by atoms with Crippen molar-refractivity contribution in [1.82, 2.24) is 9.78 Å². The van der Waals surface area contributed by atoms with Crippen LogP contribution in [0.15, 0.2) is 39.7 Å². The molecule has 5 nitrogen and oxygen atoms in total. The van der Waals surface area contributed by atoms with E-state index < -0.39 is 0 Å². The molecule has 0 saturated carbocycles. The lowest BCUT2D eigenvalue weighted by molar-refractivity contribution is 0.442. The molecule has 1 atom stereocenters. The Kier molecular flexibility index (Phi) is 3.39. The van der Waals surface area contributed by atoms with Crippen molar-refractivity contribution in [2.75, 3.05) is 6.54 Å². The summed E-state index contributed by atoms with van der Waals surface area (Å²) in [4.78, 5) is 11.7. The van der Waals surface area contributed by atoms with Crippen LogP contribution in [0.4, 0.5) is 0 Å². The molecule has 0 unspecified atom stereocenters. The standard InChI is InChI=1S/C12H15N3O2/c1-9(6-7-13)15-12(16)5-4-10(14-15)11-3-2-8-17-11/h2-5,8-9H,6-7,13H2,1H3/t9-/m0/s1. The highest BCUT2D eigenvalue weighted by atomic mass is 16.3. The largest absolute Gasteiger partial charge is 0.463 e. The molecular formula is C12H15N3O2. The summed E-state index contributed by atoms with van der Waals surface area (Å²) in [7, 11) is 0. The van der Waals surface area contributed by atoms with Gasteiger partial charge in [-0.3, -0.25) is 4.79 Å². The van der Waals surface area contributed by atoms with Gasteiger partial charge in [0.05, 0.1) is 12.3 Å². The maximum absolute atomic E-state index is 11.7. The normalized spacial score (nSPS) is 12.6. The van der Waals surface area contributed by atoms with Crippen molar-refractivity contribution in [1.29, 1.82) is 0 Å². The Morgan fingerprint density at radius 1 is 1.47 bits per heavy atom. The third-order valence-electron chi connectivity index (χ3n) is 2.60. The van der Waals surface area contributed by atoms with E-state index >= 15 is 0 Å². The summed E-state index contributed by atoms with van der Waals surface area (Å²) < 4.78 is 6.70. The number of rotatable bonds is 4. The van der Waals surface area contributed by atoms with Gasteiger partial charge in [0.1, 0.15) is 5.69 Å². The van der Waals surface area contributed by atoms with Crippen molar-refractivity contribution in [3.8, 4) is 11.5 Å². The average Bonchev–Trinajstić information content (AvgIpc) is 2.83. The Balaban J connectivity index is 2.39. The monoisotopic (exact) mass is 233 g/mol. The van der Waals surface area contributed by atoms with Crippen LogP contribution in [0.2, 0.25) is 0 Å². The lowest BCUT2D eigenvalue weighted by Crippen LogP contribution is -2.26. The van der Waals surface area contributed by atoms with Crippen molar-refractivity contribution in [2.45, 2.75) is 19.4 Å². The molecule has 2 aromatic heterocycles. The van der Waals surface area contributed by atoms with Gasteiger partial charge < -0.3 is 10.2 Å². The molecule has 2 rings (SSSR count). The van der Waals surface area contributed by atoms with E-state index in [0.717, 1.165) is 0 Å². The first-order chi connectivity index (χ1) is 8.22. The minimum absolute atomic E-state index is 0.0117. The highest BCUT2D eigenvalue weighted by Crippen LogP contribution is 2.16. The molecule has 5 heteroatoms. The molecule has 0 aliphatic carbocycles. The quantitative estimate of drug-likeness (QED) is 0.866. The predicted molar refractivity (Wildman–Crippen MR) is 64.6 cm³/mol. The Morgan fingerprint density at radius 2 is 2.29 bits per heavy atom. The minimum atomic E-state index is -0.124. The van der Waals surface area contributed by atoms with E-state index in [1.54, 1.807) is 18.4 Å². The molecule has 0 aliphatic heterocycles. The molecule has 2 heterocycles. The summed E-state index contributed by atoms with van der Waals surface area (Å²) >= 11 is 0. The summed E-state index contributed by atoms with van der Waals surface area (Å²) in [5.74, 6) is 0.652. The maximum atomic E-state index is 11.7. The summed E-state index contributed by atoms with van der Waals surface area (Å²) in [6.45, 7) is 2.45. The van der Waals surface area contributed by atoms with Gasteiger partial charge in [0.25, 0.3) is 5.56 Å². The molecule has 0 saturated heterocycles. The van der Waals surface area contributed by atoms with Crippen molar-refractivity contribution < 1.29 is 4.42 Å². The van der Waals surface area contributed by atoms with E-state index in [2.05, 4.69) is 5.10 Å². The van der Waals surface area contributed by atoms with Gasteiger partial charge in [0.15, 0.2) is 5.76 Å². The van der Waals surface area contributed by atoms with Gasteiger partial charge in [0.2, 0.25) is 0 Å².